The van der Waals surface area contributed by atoms with Crippen molar-refractivity contribution in [1.82, 2.24) is 24.5 Å². The van der Waals surface area contributed by atoms with Crippen molar-refractivity contribution in [2.75, 3.05) is 0 Å². The topological polar surface area (TPSA) is 102 Å². The number of nitrogens with zero attached hydrogens (tertiary/aromatic N) is 6. The van der Waals surface area contributed by atoms with E-state index in [1.807, 2.05) is 42.2 Å². The third-order valence-corrected chi connectivity index (χ3v) is 6.89. The standard InChI is InChI=1S/C30H24F3N7O2/c1-19(21-12-15-37(2)16-13-21)36-28(41)26-27(25-11-14-35-39(25)23-9-7-20(18-34)8-10-23)38(3)40(29(26)42)24-6-4-5-22(17-24)30(31,32)33/h4-17,19H,1-3H3/p+1/t19-/m0/s1. The molecule has 0 aliphatic heterocycles. The highest BCUT2D eigenvalue weighted by molar-refractivity contribution is 6.00. The average Bonchev–Trinajstić information content (AvgIpc) is 3.54. The molecule has 0 aliphatic carbocycles. The van der Waals surface area contributed by atoms with Gasteiger partial charge in [-0.15, -0.1) is 0 Å². The maximum atomic E-state index is 13.9. The van der Waals surface area contributed by atoms with Gasteiger partial charge < -0.3 is 5.32 Å². The maximum absolute atomic E-state index is 13.9. The van der Waals surface area contributed by atoms with Crippen LogP contribution in [0.15, 0.2) is 90.1 Å². The molecular weight excluding hydrogens is 547 g/mol. The van der Waals surface area contributed by atoms with Crippen LogP contribution in [0.4, 0.5) is 13.2 Å². The van der Waals surface area contributed by atoms with E-state index in [1.54, 1.807) is 37.3 Å². The van der Waals surface area contributed by atoms with Gasteiger partial charge in [-0.25, -0.2) is 13.9 Å². The number of aryl methyl sites for hydroxylation is 1. The zero-order chi connectivity index (χ0) is 30.2. The average molecular weight is 573 g/mol. The summed E-state index contributed by atoms with van der Waals surface area (Å²) in [5, 5.41) is 16.4. The lowest BCUT2D eigenvalue weighted by molar-refractivity contribution is -0.671. The molecule has 12 heteroatoms. The number of hydrogen-bond donors (Lipinski definition) is 1. The summed E-state index contributed by atoms with van der Waals surface area (Å²) in [7, 11) is 3.35. The van der Waals surface area contributed by atoms with Crippen molar-refractivity contribution in [3.8, 4) is 28.8 Å². The molecule has 0 radical (unpaired) electrons. The van der Waals surface area contributed by atoms with E-state index in [-0.39, 0.29) is 16.9 Å². The minimum absolute atomic E-state index is 0.0642. The first kappa shape index (κ1) is 28.1. The van der Waals surface area contributed by atoms with Crippen molar-refractivity contribution in [2.24, 2.45) is 14.1 Å². The predicted octanol–water partition coefficient (Wildman–Crippen LogP) is 4.23. The monoisotopic (exact) mass is 572 g/mol. The normalized spacial score (nSPS) is 12.1. The number of halogens is 3. The summed E-state index contributed by atoms with van der Waals surface area (Å²) >= 11 is 0. The summed E-state index contributed by atoms with van der Waals surface area (Å²) in [6, 6.07) is 17.7. The number of amides is 1. The number of aromatic nitrogens is 5. The van der Waals surface area contributed by atoms with Crippen LogP contribution in [-0.4, -0.2) is 25.1 Å². The van der Waals surface area contributed by atoms with Crippen LogP contribution in [0.5, 0.6) is 0 Å². The van der Waals surface area contributed by atoms with E-state index in [9.17, 15) is 28.0 Å². The van der Waals surface area contributed by atoms with Crippen LogP contribution in [0.3, 0.4) is 0 Å². The number of hydrogen-bond acceptors (Lipinski definition) is 4. The van der Waals surface area contributed by atoms with Gasteiger partial charge in [-0.2, -0.15) is 23.5 Å². The molecule has 0 unspecified atom stereocenters. The van der Waals surface area contributed by atoms with Crippen molar-refractivity contribution < 1.29 is 22.5 Å². The van der Waals surface area contributed by atoms with Crippen LogP contribution in [-0.2, 0) is 20.3 Å². The molecule has 1 atom stereocenters. The van der Waals surface area contributed by atoms with Gasteiger partial charge in [0.15, 0.2) is 12.4 Å². The van der Waals surface area contributed by atoms with E-state index in [0.717, 1.165) is 22.4 Å². The molecule has 5 rings (SSSR count). The summed E-state index contributed by atoms with van der Waals surface area (Å²) in [5.74, 6) is -0.704. The van der Waals surface area contributed by atoms with E-state index < -0.39 is 29.2 Å². The van der Waals surface area contributed by atoms with Gasteiger partial charge in [0.1, 0.15) is 18.3 Å². The molecule has 3 aromatic heterocycles. The lowest BCUT2D eigenvalue weighted by atomic mass is 10.1. The van der Waals surface area contributed by atoms with Crippen LogP contribution >= 0.6 is 0 Å². The SMILES string of the molecule is C[C@H](NC(=O)c1c(-c2ccnn2-c2ccc(C#N)cc2)n(C)n(-c2cccc(C(F)(F)F)c2)c1=O)c1cc[n+](C)cc1. The van der Waals surface area contributed by atoms with Crippen molar-refractivity contribution in [3.63, 3.8) is 0 Å². The van der Waals surface area contributed by atoms with Crippen molar-refractivity contribution in [2.45, 2.75) is 19.1 Å². The van der Waals surface area contributed by atoms with Gasteiger partial charge in [0.05, 0.1) is 46.5 Å². The zero-order valence-corrected chi connectivity index (χ0v) is 22.8. The second kappa shape index (κ2) is 10.9. The Bertz CT molecular complexity index is 1880. The second-order valence-corrected chi connectivity index (χ2v) is 9.69. The first-order valence-electron chi connectivity index (χ1n) is 12.8. The zero-order valence-electron chi connectivity index (χ0n) is 22.8. The number of pyridine rings is 1. The Balaban J connectivity index is 1.69. The number of nitrogens with one attached hydrogen (secondary N) is 1. The molecule has 0 saturated carbocycles. The molecule has 0 spiro atoms. The molecular formula is C30H25F3N7O2+. The van der Waals surface area contributed by atoms with Gasteiger partial charge in [0.25, 0.3) is 11.5 Å². The summed E-state index contributed by atoms with van der Waals surface area (Å²) in [6.45, 7) is 1.77. The Morgan fingerprint density at radius 2 is 1.74 bits per heavy atom. The van der Waals surface area contributed by atoms with Crippen LogP contribution in [0, 0.1) is 11.3 Å². The smallest absolute Gasteiger partial charge is 0.345 e. The van der Waals surface area contributed by atoms with E-state index in [1.165, 1.54) is 34.7 Å². The fourth-order valence-electron chi connectivity index (χ4n) is 4.73. The predicted molar refractivity (Wildman–Crippen MR) is 147 cm³/mol. The Kier molecular flexibility index (Phi) is 7.26. The van der Waals surface area contributed by atoms with Crippen LogP contribution < -0.4 is 15.4 Å². The summed E-state index contributed by atoms with van der Waals surface area (Å²) < 4.78 is 46.4. The minimum atomic E-state index is -4.64. The number of benzene rings is 2. The Hall–Kier alpha value is -5.44. The summed E-state index contributed by atoms with van der Waals surface area (Å²) in [5.41, 5.74) is 0.184. The van der Waals surface area contributed by atoms with Crippen molar-refractivity contribution >= 4 is 5.91 Å². The first-order valence-corrected chi connectivity index (χ1v) is 12.8. The number of nitriles is 1. The van der Waals surface area contributed by atoms with Gasteiger partial charge in [-0.05, 0) is 61.0 Å². The summed E-state index contributed by atoms with van der Waals surface area (Å²) in [4.78, 5) is 27.7. The molecule has 0 bridgehead atoms. The Morgan fingerprint density at radius 3 is 2.38 bits per heavy atom. The van der Waals surface area contributed by atoms with Gasteiger partial charge in [0.2, 0.25) is 0 Å². The highest BCUT2D eigenvalue weighted by atomic mass is 19.4. The molecule has 3 heterocycles. The minimum Gasteiger partial charge on any atom is -0.345 e. The van der Waals surface area contributed by atoms with Gasteiger partial charge in [-0.3, -0.25) is 14.3 Å². The molecule has 9 nitrogen and oxygen atoms in total. The fourth-order valence-corrected chi connectivity index (χ4v) is 4.73. The second-order valence-electron chi connectivity index (χ2n) is 9.69. The van der Waals surface area contributed by atoms with Crippen molar-refractivity contribution in [1.29, 1.82) is 5.26 Å². The fraction of sp³-hybridized carbons (Fsp3) is 0.167. The van der Waals surface area contributed by atoms with Gasteiger partial charge >= 0.3 is 6.18 Å². The van der Waals surface area contributed by atoms with E-state index in [2.05, 4.69) is 10.4 Å². The molecule has 0 aliphatic rings. The summed E-state index contributed by atoms with van der Waals surface area (Å²) in [6.07, 6.45) is 0.489. The van der Waals surface area contributed by atoms with E-state index in [0.29, 0.717) is 16.9 Å². The molecule has 42 heavy (non-hydrogen) atoms. The highest BCUT2D eigenvalue weighted by Gasteiger charge is 2.32. The quantitative estimate of drug-likeness (QED) is 0.308. The number of alkyl halides is 3. The molecule has 1 N–H and O–H groups in total. The third-order valence-electron chi connectivity index (χ3n) is 6.89. The Morgan fingerprint density at radius 1 is 1.05 bits per heavy atom. The largest absolute Gasteiger partial charge is 0.416 e. The Labute approximate surface area is 238 Å². The third kappa shape index (κ3) is 5.19. The van der Waals surface area contributed by atoms with Crippen molar-refractivity contribution in [3.05, 3.63) is 118 Å². The van der Waals surface area contributed by atoms with Crippen LogP contribution in [0.2, 0.25) is 0 Å². The number of rotatable bonds is 6. The van der Waals surface area contributed by atoms with Gasteiger partial charge in [0, 0.05) is 19.2 Å². The molecule has 5 aromatic rings. The van der Waals surface area contributed by atoms with Gasteiger partial charge in [-0.1, -0.05) is 6.07 Å². The molecule has 212 valence electrons. The van der Waals surface area contributed by atoms with Crippen LogP contribution in [0.25, 0.3) is 22.8 Å². The number of carbonyl (C=O) groups excluding carboxylic acids is 1. The highest BCUT2D eigenvalue weighted by Crippen LogP contribution is 2.31. The maximum Gasteiger partial charge on any atom is 0.416 e. The number of carbonyl (C=O) groups is 1. The first-order chi connectivity index (χ1) is 20.0. The lowest BCUT2D eigenvalue weighted by Gasteiger charge is -2.15. The molecule has 0 fully saturated rings. The van der Waals surface area contributed by atoms with E-state index in [4.69, 9.17) is 0 Å². The molecule has 0 saturated heterocycles. The van der Waals surface area contributed by atoms with Crippen LogP contribution in [0.1, 0.15) is 40.0 Å². The molecule has 1 amide bonds. The lowest BCUT2D eigenvalue weighted by Crippen LogP contribution is -2.33. The van der Waals surface area contributed by atoms with E-state index >= 15 is 0 Å². The molecule has 2 aromatic carbocycles.